The van der Waals surface area contributed by atoms with Crippen LogP contribution in [-0.4, -0.2) is 17.6 Å². The van der Waals surface area contributed by atoms with Crippen molar-refractivity contribution in [3.8, 4) is 0 Å². The van der Waals surface area contributed by atoms with Gasteiger partial charge in [0, 0.05) is 18.0 Å². The Balaban J connectivity index is 2.76. The number of hydrogen-bond donors (Lipinski definition) is 0. The highest BCUT2D eigenvalue weighted by molar-refractivity contribution is 9.10. The lowest BCUT2D eigenvalue weighted by atomic mass is 10.2. The first-order chi connectivity index (χ1) is 6.65. The van der Waals surface area contributed by atoms with Gasteiger partial charge >= 0.3 is 5.97 Å². The van der Waals surface area contributed by atoms with E-state index in [1.807, 2.05) is 0 Å². The fourth-order valence-electron chi connectivity index (χ4n) is 0.950. The largest absolute Gasteiger partial charge is 0.466 e. The highest BCUT2D eigenvalue weighted by Crippen LogP contribution is 2.25. The van der Waals surface area contributed by atoms with Crippen molar-refractivity contribution >= 4 is 33.5 Å². The van der Waals surface area contributed by atoms with Gasteiger partial charge in [-0.05, 0) is 22.9 Å². The maximum absolute atomic E-state index is 11.2. The number of halogens is 2. The molecule has 0 fully saturated rings. The third-order valence-corrected chi connectivity index (χ3v) is 2.83. The molecule has 0 saturated heterocycles. The number of pyridine rings is 1. The maximum Gasteiger partial charge on any atom is 0.310 e. The van der Waals surface area contributed by atoms with Crippen molar-refractivity contribution in [1.82, 2.24) is 4.98 Å². The van der Waals surface area contributed by atoms with Crippen molar-refractivity contribution in [2.75, 3.05) is 6.61 Å². The quantitative estimate of drug-likeness (QED) is 0.798. The van der Waals surface area contributed by atoms with Gasteiger partial charge in [-0.25, -0.2) is 0 Å². The molecule has 76 valence electrons. The van der Waals surface area contributed by atoms with Gasteiger partial charge in [0.2, 0.25) is 0 Å². The smallest absolute Gasteiger partial charge is 0.310 e. The second-order valence-electron chi connectivity index (χ2n) is 2.58. The third kappa shape index (κ3) is 2.96. The Hall–Kier alpha value is -0.610. The van der Waals surface area contributed by atoms with Crippen LogP contribution in [0.5, 0.6) is 0 Å². The summed E-state index contributed by atoms with van der Waals surface area (Å²) in [6.45, 7) is 2.14. The molecule has 0 bridgehead atoms. The molecule has 1 aromatic heterocycles. The third-order valence-electron chi connectivity index (χ3n) is 1.55. The number of esters is 1. The average Bonchev–Trinajstić information content (AvgIpc) is 2.13. The lowest BCUT2D eigenvalue weighted by Crippen LogP contribution is -2.08. The first kappa shape index (κ1) is 11.5. The van der Waals surface area contributed by atoms with Crippen LogP contribution in [0.4, 0.5) is 0 Å². The Kier molecular flexibility index (Phi) is 4.35. The van der Waals surface area contributed by atoms with Gasteiger partial charge in [-0.1, -0.05) is 11.6 Å². The van der Waals surface area contributed by atoms with Crippen LogP contribution in [0.1, 0.15) is 12.5 Å². The normalized spacial score (nSPS) is 9.93. The number of hydrogen-bond acceptors (Lipinski definition) is 3. The standard InChI is InChI=1S/C9H9BrClNO2/c1-2-14-8(13)3-6-4-12-5-7(10)9(6)11/h4-5H,2-3H2,1H3. The van der Waals surface area contributed by atoms with E-state index in [0.717, 1.165) is 0 Å². The summed E-state index contributed by atoms with van der Waals surface area (Å²) in [5.41, 5.74) is 0.666. The lowest BCUT2D eigenvalue weighted by molar-refractivity contribution is -0.142. The van der Waals surface area contributed by atoms with Crippen molar-refractivity contribution in [3.05, 3.63) is 27.5 Å². The van der Waals surface area contributed by atoms with E-state index < -0.39 is 0 Å². The molecule has 1 aromatic rings. The number of rotatable bonds is 3. The zero-order valence-electron chi connectivity index (χ0n) is 7.59. The second kappa shape index (κ2) is 5.32. The van der Waals surface area contributed by atoms with Crippen molar-refractivity contribution < 1.29 is 9.53 Å². The van der Waals surface area contributed by atoms with Crippen molar-refractivity contribution in [1.29, 1.82) is 0 Å². The maximum atomic E-state index is 11.2. The summed E-state index contributed by atoms with van der Waals surface area (Å²) in [6.07, 6.45) is 3.29. The van der Waals surface area contributed by atoms with Gasteiger partial charge < -0.3 is 4.74 Å². The molecule has 0 spiro atoms. The van der Waals surface area contributed by atoms with Crippen LogP contribution < -0.4 is 0 Å². The van der Waals surface area contributed by atoms with Gasteiger partial charge in [0.1, 0.15) is 0 Å². The predicted molar refractivity (Wildman–Crippen MR) is 57.3 cm³/mol. The van der Waals surface area contributed by atoms with Crippen LogP contribution in [0.15, 0.2) is 16.9 Å². The molecule has 0 aliphatic rings. The van der Waals surface area contributed by atoms with Crippen molar-refractivity contribution in [2.24, 2.45) is 0 Å². The average molecular weight is 279 g/mol. The monoisotopic (exact) mass is 277 g/mol. The molecule has 0 atom stereocenters. The predicted octanol–water partition coefficient (Wildman–Crippen LogP) is 2.60. The van der Waals surface area contributed by atoms with Crippen LogP contribution in [0.2, 0.25) is 5.02 Å². The molecule has 1 heterocycles. The summed E-state index contributed by atoms with van der Waals surface area (Å²) < 4.78 is 5.48. The Bertz CT molecular complexity index is 344. The molecule has 5 heteroatoms. The zero-order chi connectivity index (χ0) is 10.6. The van der Waals surface area contributed by atoms with Crippen LogP contribution in [0.25, 0.3) is 0 Å². The summed E-state index contributed by atoms with van der Waals surface area (Å²) in [4.78, 5) is 15.1. The second-order valence-corrected chi connectivity index (χ2v) is 3.81. The van der Waals surface area contributed by atoms with Crippen LogP contribution >= 0.6 is 27.5 Å². The van der Waals surface area contributed by atoms with Crippen LogP contribution in [0.3, 0.4) is 0 Å². The summed E-state index contributed by atoms with van der Waals surface area (Å²) in [5.74, 6) is -0.297. The Morgan fingerprint density at radius 2 is 2.36 bits per heavy atom. The molecule has 14 heavy (non-hydrogen) atoms. The summed E-state index contributed by atoms with van der Waals surface area (Å²) in [7, 11) is 0. The molecule has 0 aliphatic carbocycles. The van der Waals surface area contributed by atoms with Gasteiger partial charge in [-0.3, -0.25) is 9.78 Å². The van der Waals surface area contributed by atoms with E-state index in [2.05, 4.69) is 20.9 Å². The Labute approximate surface area is 95.6 Å². The molecule has 1 rings (SSSR count). The van der Waals surface area contributed by atoms with Gasteiger partial charge in [0.05, 0.1) is 22.5 Å². The van der Waals surface area contributed by atoms with Crippen LogP contribution in [-0.2, 0) is 16.0 Å². The van der Waals surface area contributed by atoms with E-state index in [-0.39, 0.29) is 12.4 Å². The molecule has 0 aromatic carbocycles. The van der Waals surface area contributed by atoms with Gasteiger partial charge in [-0.15, -0.1) is 0 Å². The molecule has 0 N–H and O–H groups in total. The van der Waals surface area contributed by atoms with E-state index >= 15 is 0 Å². The molecular weight excluding hydrogens is 269 g/mol. The first-order valence-electron chi connectivity index (χ1n) is 4.08. The minimum absolute atomic E-state index is 0.152. The molecule has 0 saturated carbocycles. The molecule has 0 unspecified atom stereocenters. The van der Waals surface area contributed by atoms with Gasteiger partial charge in [0.15, 0.2) is 0 Å². The topological polar surface area (TPSA) is 39.2 Å². The highest BCUT2D eigenvalue weighted by atomic mass is 79.9. The molecule has 3 nitrogen and oxygen atoms in total. The summed E-state index contributed by atoms with van der Waals surface area (Å²) in [5, 5.41) is 0.507. The molecular formula is C9H9BrClNO2. The van der Waals surface area contributed by atoms with E-state index in [0.29, 0.717) is 21.7 Å². The number of ether oxygens (including phenoxy) is 1. The van der Waals surface area contributed by atoms with Crippen molar-refractivity contribution in [3.63, 3.8) is 0 Å². The highest BCUT2D eigenvalue weighted by Gasteiger charge is 2.09. The van der Waals surface area contributed by atoms with Crippen molar-refractivity contribution in [2.45, 2.75) is 13.3 Å². The fraction of sp³-hybridized carbons (Fsp3) is 0.333. The zero-order valence-corrected chi connectivity index (χ0v) is 9.93. The lowest BCUT2D eigenvalue weighted by Gasteiger charge is -2.04. The number of nitrogens with zero attached hydrogens (tertiary/aromatic N) is 1. The SMILES string of the molecule is CCOC(=O)Cc1cncc(Br)c1Cl. The Morgan fingerprint density at radius 3 is 3.00 bits per heavy atom. The summed E-state index contributed by atoms with van der Waals surface area (Å²) >= 11 is 9.17. The summed E-state index contributed by atoms with van der Waals surface area (Å²) in [6, 6.07) is 0. The first-order valence-corrected chi connectivity index (χ1v) is 5.25. The minimum atomic E-state index is -0.297. The minimum Gasteiger partial charge on any atom is -0.466 e. The molecule has 0 amide bonds. The fourth-order valence-corrected chi connectivity index (χ4v) is 1.49. The van der Waals surface area contributed by atoms with Gasteiger partial charge in [-0.2, -0.15) is 0 Å². The van der Waals surface area contributed by atoms with E-state index in [1.165, 1.54) is 0 Å². The van der Waals surface area contributed by atoms with Crippen LogP contribution in [0, 0.1) is 0 Å². The molecule has 0 radical (unpaired) electrons. The number of carbonyl (C=O) groups excluding carboxylic acids is 1. The van der Waals surface area contributed by atoms with E-state index in [1.54, 1.807) is 19.3 Å². The van der Waals surface area contributed by atoms with Gasteiger partial charge in [0.25, 0.3) is 0 Å². The van der Waals surface area contributed by atoms with E-state index in [4.69, 9.17) is 16.3 Å². The van der Waals surface area contributed by atoms with E-state index in [9.17, 15) is 4.79 Å². The number of aromatic nitrogens is 1. The Morgan fingerprint density at radius 1 is 1.64 bits per heavy atom. The number of carbonyl (C=O) groups is 1. The molecule has 0 aliphatic heterocycles.